The van der Waals surface area contributed by atoms with Crippen LogP contribution in [-0.2, 0) is 24.3 Å². The molecule has 0 unspecified atom stereocenters. The zero-order chi connectivity index (χ0) is 20.2. The van der Waals surface area contributed by atoms with Gasteiger partial charge in [-0.3, -0.25) is 9.59 Å². The van der Waals surface area contributed by atoms with Gasteiger partial charge in [-0.05, 0) is 19.1 Å². The first-order valence-corrected chi connectivity index (χ1v) is 8.60. The summed E-state index contributed by atoms with van der Waals surface area (Å²) in [5, 5.41) is 5.72. The van der Waals surface area contributed by atoms with Crippen LogP contribution in [0, 0.1) is 24.4 Å². The summed E-state index contributed by atoms with van der Waals surface area (Å²) in [7, 11) is -4.67. The fraction of sp³-hybridized carbons (Fsp3) is 0.214. The van der Waals surface area contributed by atoms with E-state index in [9.17, 15) is 31.2 Å². The zero-order valence-corrected chi connectivity index (χ0v) is 14.4. The van der Waals surface area contributed by atoms with Crippen molar-refractivity contribution < 1.29 is 40.4 Å². The molecule has 1 aromatic heterocycles. The summed E-state index contributed by atoms with van der Waals surface area (Å²) in [6.07, 6.45) is 0. The van der Waals surface area contributed by atoms with Crippen LogP contribution in [-0.4, -0.2) is 38.6 Å². The number of ether oxygens (including phenoxy) is 1. The number of nitrogens with zero attached hydrogens (tertiary/aromatic N) is 1. The number of aromatic nitrogens is 1. The Labute approximate surface area is 150 Å². The molecule has 0 aliphatic carbocycles. The largest absolute Gasteiger partial charge is 0.455 e. The van der Waals surface area contributed by atoms with Gasteiger partial charge in [0.25, 0.3) is 5.91 Å². The smallest absolute Gasteiger partial charge is 0.321 e. The Hall–Kier alpha value is -2.93. The Morgan fingerprint density at radius 2 is 1.93 bits per heavy atom. The number of hydrogen-bond donors (Lipinski definition) is 2. The van der Waals surface area contributed by atoms with Gasteiger partial charge in [0.1, 0.15) is 17.2 Å². The highest BCUT2D eigenvalue weighted by Gasteiger charge is 2.24. The van der Waals surface area contributed by atoms with Crippen molar-refractivity contribution in [2.45, 2.75) is 11.8 Å². The van der Waals surface area contributed by atoms with Gasteiger partial charge in [-0.25, -0.2) is 21.6 Å². The lowest BCUT2D eigenvalue weighted by Crippen LogP contribution is -2.33. The number of carbonyl (C=O) groups excluding carboxylic acids is 2. The molecule has 0 bridgehead atoms. The highest BCUT2D eigenvalue weighted by atomic mass is 32.2. The van der Waals surface area contributed by atoms with Crippen LogP contribution in [0.15, 0.2) is 27.6 Å². The topological polar surface area (TPSA) is 128 Å². The minimum absolute atomic E-state index is 0.0862. The third-order valence-corrected chi connectivity index (χ3v) is 4.37. The molecule has 0 saturated heterocycles. The number of nitrogens with one attached hydrogen (secondary N) is 2. The number of rotatable bonds is 7. The fourth-order valence-electron chi connectivity index (χ4n) is 1.75. The number of sulfonamides is 1. The van der Waals surface area contributed by atoms with E-state index in [1.165, 1.54) is 6.07 Å². The van der Waals surface area contributed by atoms with Crippen LogP contribution in [0.3, 0.4) is 0 Å². The number of hydrogen-bond acceptors (Lipinski definition) is 7. The summed E-state index contributed by atoms with van der Waals surface area (Å²) >= 11 is 0. The normalized spacial score (nSPS) is 11.3. The molecule has 0 saturated carbocycles. The fourth-order valence-corrected chi connectivity index (χ4v) is 2.78. The maximum atomic E-state index is 13.5. The minimum atomic E-state index is -4.67. The van der Waals surface area contributed by atoms with Crippen molar-refractivity contribution in [2.75, 3.05) is 18.5 Å². The molecule has 1 heterocycles. The van der Waals surface area contributed by atoms with Gasteiger partial charge in [0.15, 0.2) is 29.9 Å². The van der Waals surface area contributed by atoms with Crippen LogP contribution in [0.2, 0.25) is 0 Å². The van der Waals surface area contributed by atoms with E-state index < -0.39 is 57.4 Å². The van der Waals surface area contributed by atoms with Crippen molar-refractivity contribution in [1.82, 2.24) is 9.88 Å². The average molecular weight is 407 g/mol. The average Bonchev–Trinajstić information content (AvgIpc) is 3.00. The summed E-state index contributed by atoms with van der Waals surface area (Å²) in [6.45, 7) is -0.145. The zero-order valence-electron chi connectivity index (χ0n) is 13.6. The third kappa shape index (κ3) is 5.27. The standard InChI is InChI=1S/C14H12F3N3O6S/c1-7-4-10(20-26-7)19-11(21)6-25-12(22)5-18-27(23,24)9-3-2-8(15)13(16)14(9)17/h2-4,18H,5-6H2,1H3,(H,19,20,21). The quantitative estimate of drug-likeness (QED) is 0.515. The highest BCUT2D eigenvalue weighted by molar-refractivity contribution is 7.89. The maximum absolute atomic E-state index is 13.5. The molecule has 146 valence electrons. The number of amides is 1. The second kappa shape index (κ2) is 8.18. The van der Waals surface area contributed by atoms with Crippen LogP contribution in [0.25, 0.3) is 0 Å². The van der Waals surface area contributed by atoms with Gasteiger partial charge in [-0.15, -0.1) is 0 Å². The summed E-state index contributed by atoms with van der Waals surface area (Å²) in [4.78, 5) is 21.8. The van der Waals surface area contributed by atoms with E-state index in [0.29, 0.717) is 17.9 Å². The number of aryl methyl sites for hydroxylation is 1. The van der Waals surface area contributed by atoms with Crippen molar-refractivity contribution in [2.24, 2.45) is 0 Å². The molecule has 0 aliphatic rings. The minimum Gasteiger partial charge on any atom is -0.455 e. The summed E-state index contributed by atoms with van der Waals surface area (Å²) in [6, 6.07) is 2.32. The summed E-state index contributed by atoms with van der Waals surface area (Å²) < 4.78 is 74.1. The number of benzene rings is 1. The Bertz CT molecular complexity index is 976. The van der Waals surface area contributed by atoms with Crippen molar-refractivity contribution in [3.63, 3.8) is 0 Å². The van der Waals surface area contributed by atoms with E-state index in [1.54, 1.807) is 11.6 Å². The molecule has 0 aliphatic heterocycles. The van der Waals surface area contributed by atoms with Gasteiger partial charge in [0.2, 0.25) is 10.0 Å². The van der Waals surface area contributed by atoms with Crippen molar-refractivity contribution in [3.05, 3.63) is 41.4 Å². The number of anilines is 1. The lowest BCUT2D eigenvalue weighted by Gasteiger charge is -2.08. The molecule has 0 radical (unpaired) electrons. The lowest BCUT2D eigenvalue weighted by molar-refractivity contribution is -0.146. The predicted molar refractivity (Wildman–Crippen MR) is 82.3 cm³/mol. The monoisotopic (exact) mass is 407 g/mol. The first-order valence-electron chi connectivity index (χ1n) is 7.12. The van der Waals surface area contributed by atoms with Gasteiger partial charge in [-0.2, -0.15) is 4.72 Å². The van der Waals surface area contributed by atoms with Gasteiger partial charge < -0.3 is 14.6 Å². The number of halogens is 3. The molecular formula is C14H12F3N3O6S. The van der Waals surface area contributed by atoms with E-state index in [0.717, 1.165) is 0 Å². The predicted octanol–water partition coefficient (Wildman–Crippen LogP) is 0.861. The summed E-state index contributed by atoms with van der Waals surface area (Å²) in [5.74, 6) is -6.90. The third-order valence-electron chi connectivity index (χ3n) is 2.96. The van der Waals surface area contributed by atoms with Crippen LogP contribution < -0.4 is 10.0 Å². The SMILES string of the molecule is Cc1cc(NC(=O)COC(=O)CNS(=O)(=O)c2ccc(F)c(F)c2F)no1. The Morgan fingerprint density at radius 3 is 2.56 bits per heavy atom. The lowest BCUT2D eigenvalue weighted by atomic mass is 10.3. The highest BCUT2D eigenvalue weighted by Crippen LogP contribution is 2.19. The van der Waals surface area contributed by atoms with E-state index in [4.69, 9.17) is 4.52 Å². The molecule has 13 heteroatoms. The molecular weight excluding hydrogens is 395 g/mol. The molecule has 1 amide bonds. The Kier molecular flexibility index (Phi) is 6.17. The van der Waals surface area contributed by atoms with Crippen LogP contribution in [0.4, 0.5) is 19.0 Å². The van der Waals surface area contributed by atoms with Crippen molar-refractivity contribution in [3.8, 4) is 0 Å². The molecule has 9 nitrogen and oxygen atoms in total. The Balaban J connectivity index is 1.87. The van der Waals surface area contributed by atoms with Crippen LogP contribution in [0.5, 0.6) is 0 Å². The number of esters is 1. The van der Waals surface area contributed by atoms with Crippen LogP contribution >= 0.6 is 0 Å². The van der Waals surface area contributed by atoms with Gasteiger partial charge in [0, 0.05) is 6.07 Å². The van der Waals surface area contributed by atoms with E-state index in [2.05, 4.69) is 15.2 Å². The van der Waals surface area contributed by atoms with Gasteiger partial charge in [-0.1, -0.05) is 5.16 Å². The Morgan fingerprint density at radius 1 is 1.22 bits per heavy atom. The second-order valence-electron chi connectivity index (χ2n) is 5.03. The first kappa shape index (κ1) is 20.4. The van der Waals surface area contributed by atoms with Gasteiger partial charge >= 0.3 is 5.97 Å². The van der Waals surface area contributed by atoms with Crippen LogP contribution in [0.1, 0.15) is 5.76 Å². The van der Waals surface area contributed by atoms with E-state index >= 15 is 0 Å². The molecule has 0 spiro atoms. The summed E-state index contributed by atoms with van der Waals surface area (Å²) in [5.41, 5.74) is 0. The second-order valence-corrected chi connectivity index (χ2v) is 6.77. The van der Waals surface area contributed by atoms with Gasteiger partial charge in [0.05, 0.1) is 0 Å². The van der Waals surface area contributed by atoms with Crippen molar-refractivity contribution >= 4 is 27.7 Å². The molecule has 0 atom stereocenters. The molecule has 2 rings (SSSR count). The van der Waals surface area contributed by atoms with Crippen molar-refractivity contribution in [1.29, 1.82) is 0 Å². The van der Waals surface area contributed by atoms with E-state index in [1.807, 2.05) is 0 Å². The molecule has 0 fully saturated rings. The van der Waals surface area contributed by atoms with E-state index in [-0.39, 0.29) is 5.82 Å². The maximum Gasteiger partial charge on any atom is 0.321 e. The first-order chi connectivity index (χ1) is 12.6. The molecule has 27 heavy (non-hydrogen) atoms. The molecule has 1 aromatic carbocycles. The number of carbonyl (C=O) groups is 2. The molecule has 2 N–H and O–H groups in total. The molecule has 2 aromatic rings.